The van der Waals surface area contributed by atoms with Gasteiger partial charge in [-0.1, -0.05) is 196 Å². The summed E-state index contributed by atoms with van der Waals surface area (Å²) in [7, 11) is 0. The maximum absolute atomic E-state index is 2.45. The molecule has 1 heterocycles. The van der Waals surface area contributed by atoms with Crippen molar-refractivity contribution in [2.45, 2.75) is 24.7 Å². The SMILES string of the molecule is CC1(C)c2ccccc2-c2ccc(N(c3ccc(-c4ccccc4)cc3)c3ccc(-c4cccc5c4-c4ccccc4C54c5ccccc5-c5c4ccc4c5sc5ccccc54)cc3)cc21. The van der Waals surface area contributed by atoms with Crippen molar-refractivity contribution in [3.8, 4) is 55.6 Å². The van der Waals surface area contributed by atoms with Crippen molar-refractivity contribution in [2.24, 2.45) is 0 Å². The minimum absolute atomic E-state index is 0.111. The molecular weight excluding hydrogens is 815 g/mol. The largest absolute Gasteiger partial charge is 0.310 e. The quantitative estimate of drug-likeness (QED) is 0.167. The molecule has 3 aliphatic carbocycles. The fourth-order valence-electron chi connectivity index (χ4n) is 12.2. The molecule has 0 saturated carbocycles. The van der Waals surface area contributed by atoms with Gasteiger partial charge in [0.15, 0.2) is 0 Å². The van der Waals surface area contributed by atoms with E-state index in [1.165, 1.54) is 109 Å². The number of fused-ring (bicyclic) bond motifs is 17. The lowest BCUT2D eigenvalue weighted by atomic mass is 9.70. The third-order valence-corrected chi connectivity index (χ3v) is 16.3. The molecule has 1 aromatic heterocycles. The van der Waals surface area contributed by atoms with Gasteiger partial charge in [0.1, 0.15) is 0 Å². The second-order valence-corrected chi connectivity index (χ2v) is 19.8. The Morgan fingerprint density at radius 1 is 0.333 bits per heavy atom. The Hall–Kier alpha value is -7.78. The van der Waals surface area contributed by atoms with Gasteiger partial charge in [-0.2, -0.15) is 0 Å². The number of rotatable bonds is 5. The van der Waals surface area contributed by atoms with Crippen molar-refractivity contribution in [3.63, 3.8) is 0 Å². The predicted molar refractivity (Wildman–Crippen MR) is 279 cm³/mol. The van der Waals surface area contributed by atoms with E-state index in [0.717, 1.165) is 17.1 Å². The summed E-state index contributed by atoms with van der Waals surface area (Å²) in [6.45, 7) is 4.73. The molecule has 1 spiro atoms. The first-order chi connectivity index (χ1) is 32.5. The maximum Gasteiger partial charge on any atom is 0.0726 e. The molecule has 10 aromatic carbocycles. The van der Waals surface area contributed by atoms with Gasteiger partial charge in [0.2, 0.25) is 0 Å². The van der Waals surface area contributed by atoms with E-state index in [1.54, 1.807) is 0 Å². The molecular formula is C64H43NS. The molecule has 0 amide bonds. The second kappa shape index (κ2) is 13.9. The number of hydrogen-bond donors (Lipinski definition) is 0. The summed E-state index contributed by atoms with van der Waals surface area (Å²) in [5.74, 6) is 0. The predicted octanol–water partition coefficient (Wildman–Crippen LogP) is 17.5. The fourth-order valence-corrected chi connectivity index (χ4v) is 13.5. The third kappa shape index (κ3) is 5.05. The number of benzene rings is 10. The van der Waals surface area contributed by atoms with Crippen molar-refractivity contribution in [3.05, 3.63) is 258 Å². The number of thiophene rings is 1. The van der Waals surface area contributed by atoms with Crippen LogP contribution in [0.25, 0.3) is 75.8 Å². The molecule has 1 unspecified atom stereocenters. The molecule has 14 rings (SSSR count). The Bertz CT molecular complexity index is 3780. The molecule has 0 saturated heterocycles. The van der Waals surface area contributed by atoms with Crippen molar-refractivity contribution < 1.29 is 0 Å². The van der Waals surface area contributed by atoms with E-state index in [2.05, 4.69) is 243 Å². The Morgan fingerprint density at radius 3 is 1.61 bits per heavy atom. The summed E-state index contributed by atoms with van der Waals surface area (Å²) in [5.41, 5.74) is 24.0. The van der Waals surface area contributed by atoms with Crippen molar-refractivity contribution in [2.75, 3.05) is 4.90 Å². The first-order valence-corrected chi connectivity index (χ1v) is 23.9. The molecule has 1 nitrogen and oxygen atoms in total. The van der Waals surface area contributed by atoms with Crippen LogP contribution in [-0.2, 0) is 10.8 Å². The van der Waals surface area contributed by atoms with Crippen LogP contribution >= 0.6 is 11.3 Å². The van der Waals surface area contributed by atoms with Crippen LogP contribution in [0.5, 0.6) is 0 Å². The van der Waals surface area contributed by atoms with Gasteiger partial charge in [-0.25, -0.2) is 0 Å². The zero-order valence-corrected chi connectivity index (χ0v) is 37.5. The van der Waals surface area contributed by atoms with Crippen LogP contribution in [0.4, 0.5) is 17.1 Å². The Kier molecular flexibility index (Phi) is 7.89. The van der Waals surface area contributed by atoms with Gasteiger partial charge in [0.05, 0.1) is 5.41 Å². The van der Waals surface area contributed by atoms with E-state index in [-0.39, 0.29) is 5.41 Å². The van der Waals surface area contributed by atoms with Gasteiger partial charge in [0, 0.05) is 48.2 Å². The van der Waals surface area contributed by atoms with Gasteiger partial charge < -0.3 is 4.90 Å². The summed E-state index contributed by atoms with van der Waals surface area (Å²) in [4.78, 5) is 2.43. The van der Waals surface area contributed by atoms with E-state index in [1.807, 2.05) is 11.3 Å². The molecule has 3 aliphatic rings. The highest BCUT2D eigenvalue weighted by atomic mass is 32.1. The van der Waals surface area contributed by atoms with Crippen LogP contribution in [-0.4, -0.2) is 0 Å². The maximum atomic E-state index is 2.45. The lowest BCUT2D eigenvalue weighted by Gasteiger charge is -2.30. The molecule has 2 heteroatoms. The zero-order valence-electron chi connectivity index (χ0n) is 36.7. The summed E-state index contributed by atoms with van der Waals surface area (Å²) in [6.07, 6.45) is 0. The molecule has 0 fully saturated rings. The van der Waals surface area contributed by atoms with E-state index in [9.17, 15) is 0 Å². The van der Waals surface area contributed by atoms with Gasteiger partial charge in [-0.3, -0.25) is 0 Å². The Morgan fingerprint density at radius 2 is 0.864 bits per heavy atom. The van der Waals surface area contributed by atoms with E-state index >= 15 is 0 Å². The zero-order chi connectivity index (χ0) is 43.7. The highest BCUT2D eigenvalue weighted by Gasteiger charge is 2.52. The normalized spacial score (nSPS) is 15.6. The molecule has 11 aromatic rings. The monoisotopic (exact) mass is 857 g/mol. The molecule has 0 radical (unpaired) electrons. The summed E-state index contributed by atoms with van der Waals surface area (Å²) < 4.78 is 2.72. The van der Waals surface area contributed by atoms with Gasteiger partial charge in [0.25, 0.3) is 0 Å². The fraction of sp³-hybridized carbons (Fsp3) is 0.0625. The van der Waals surface area contributed by atoms with Crippen LogP contribution in [0.2, 0.25) is 0 Å². The van der Waals surface area contributed by atoms with Crippen LogP contribution < -0.4 is 4.90 Å². The average molecular weight is 858 g/mol. The standard InChI is InChI=1S/C64H43NS/c1-63(2)53-22-10-6-17-47(53)48-36-35-45(39-58(48)63)65(43-31-27-41(28-32-43)40-15-4-3-5-16-40)44-33-29-42(30-34-44)46-21-14-25-56-60(46)51-19-7-11-23-54(51)64(56)55-24-12-8-20-52(55)61-57(64)38-37-50-49-18-9-13-26-59(49)66-62(50)61/h3-39H,1-2H3. The molecule has 0 aliphatic heterocycles. The molecule has 310 valence electrons. The average Bonchev–Trinajstić information content (AvgIpc) is 4.07. The van der Waals surface area contributed by atoms with Gasteiger partial charge >= 0.3 is 0 Å². The molecule has 66 heavy (non-hydrogen) atoms. The van der Waals surface area contributed by atoms with E-state index in [0.29, 0.717) is 0 Å². The van der Waals surface area contributed by atoms with Crippen molar-refractivity contribution >= 4 is 48.6 Å². The van der Waals surface area contributed by atoms with Crippen LogP contribution in [0.15, 0.2) is 224 Å². The highest BCUT2D eigenvalue weighted by Crippen LogP contribution is 2.65. The van der Waals surface area contributed by atoms with Crippen molar-refractivity contribution in [1.29, 1.82) is 0 Å². The smallest absolute Gasteiger partial charge is 0.0726 e. The molecule has 0 N–H and O–H groups in total. The van der Waals surface area contributed by atoms with Crippen LogP contribution in [0.3, 0.4) is 0 Å². The lowest BCUT2D eigenvalue weighted by molar-refractivity contribution is 0.660. The third-order valence-electron chi connectivity index (χ3n) is 15.1. The topological polar surface area (TPSA) is 3.24 Å². The minimum atomic E-state index is -0.429. The lowest BCUT2D eigenvalue weighted by Crippen LogP contribution is -2.25. The van der Waals surface area contributed by atoms with Gasteiger partial charge in [-0.05, 0) is 126 Å². The van der Waals surface area contributed by atoms with Gasteiger partial charge in [-0.15, -0.1) is 11.3 Å². The summed E-state index contributed by atoms with van der Waals surface area (Å²) >= 11 is 1.93. The first-order valence-electron chi connectivity index (χ1n) is 23.1. The number of anilines is 3. The highest BCUT2D eigenvalue weighted by molar-refractivity contribution is 7.26. The molecule has 1 atom stereocenters. The number of nitrogens with zero attached hydrogens (tertiary/aromatic N) is 1. The van der Waals surface area contributed by atoms with Crippen LogP contribution in [0.1, 0.15) is 47.2 Å². The summed E-state index contributed by atoms with van der Waals surface area (Å²) in [5, 5.41) is 2.68. The van der Waals surface area contributed by atoms with Crippen LogP contribution in [0, 0.1) is 0 Å². The molecule has 0 bridgehead atoms. The Balaban J connectivity index is 0.927. The van der Waals surface area contributed by atoms with E-state index in [4.69, 9.17) is 0 Å². The number of hydrogen-bond acceptors (Lipinski definition) is 2. The second-order valence-electron chi connectivity index (χ2n) is 18.7. The van der Waals surface area contributed by atoms with E-state index < -0.39 is 5.41 Å². The van der Waals surface area contributed by atoms with Crippen molar-refractivity contribution in [1.82, 2.24) is 0 Å². The summed E-state index contributed by atoms with van der Waals surface area (Å²) in [6, 6.07) is 84.2. The Labute approximate surface area is 389 Å². The first kappa shape index (κ1) is 37.6. The minimum Gasteiger partial charge on any atom is -0.310 e.